The van der Waals surface area contributed by atoms with Crippen molar-refractivity contribution in [3.8, 4) is 0 Å². The molecule has 1 aliphatic heterocycles. The second kappa shape index (κ2) is 8.67. The molecule has 1 aromatic rings. The van der Waals surface area contributed by atoms with E-state index in [0.717, 1.165) is 25.1 Å². The van der Waals surface area contributed by atoms with Gasteiger partial charge in [-0.2, -0.15) is 0 Å². The number of piperazine rings is 1. The second-order valence-electron chi connectivity index (χ2n) is 5.93. The minimum absolute atomic E-state index is 0.0583. The summed E-state index contributed by atoms with van der Waals surface area (Å²) in [4.78, 5) is 28.5. The Balaban J connectivity index is 1.89. The van der Waals surface area contributed by atoms with E-state index in [2.05, 4.69) is 17.1 Å². The number of amides is 2. The summed E-state index contributed by atoms with van der Waals surface area (Å²) in [7, 11) is 0. The van der Waals surface area contributed by atoms with Gasteiger partial charge in [0.05, 0.1) is 12.5 Å². The molecule has 126 valence electrons. The lowest BCUT2D eigenvalue weighted by Gasteiger charge is -2.36. The monoisotopic (exact) mass is 317 g/mol. The highest BCUT2D eigenvalue weighted by molar-refractivity contribution is 5.84. The van der Waals surface area contributed by atoms with Crippen LogP contribution >= 0.6 is 0 Å². The van der Waals surface area contributed by atoms with Gasteiger partial charge < -0.3 is 10.2 Å². The zero-order valence-corrected chi connectivity index (χ0v) is 14.1. The number of benzene rings is 1. The number of rotatable bonds is 6. The molecule has 0 aliphatic carbocycles. The van der Waals surface area contributed by atoms with Crippen LogP contribution < -0.4 is 5.32 Å². The second-order valence-corrected chi connectivity index (χ2v) is 5.93. The third-order valence-corrected chi connectivity index (χ3v) is 4.33. The molecule has 0 aromatic heterocycles. The number of carbonyl (C=O) groups is 2. The van der Waals surface area contributed by atoms with Crippen molar-refractivity contribution < 1.29 is 9.59 Å². The summed E-state index contributed by atoms with van der Waals surface area (Å²) < 4.78 is 0. The summed E-state index contributed by atoms with van der Waals surface area (Å²) in [6, 6.07) is 9.99. The fourth-order valence-corrected chi connectivity index (χ4v) is 3.04. The Bertz CT molecular complexity index is 510. The predicted molar refractivity (Wildman–Crippen MR) is 91.2 cm³/mol. The highest BCUT2D eigenvalue weighted by Gasteiger charge is 2.27. The van der Waals surface area contributed by atoms with E-state index in [9.17, 15) is 9.59 Å². The maximum Gasteiger partial charge on any atom is 0.234 e. The fourth-order valence-electron chi connectivity index (χ4n) is 3.04. The summed E-state index contributed by atoms with van der Waals surface area (Å²) in [6.07, 6.45) is 0.808. The Hall–Kier alpha value is -1.88. The topological polar surface area (TPSA) is 52.7 Å². The fraction of sp³-hybridized carbons (Fsp3) is 0.556. The molecule has 23 heavy (non-hydrogen) atoms. The number of likely N-dealkylation sites (N-methyl/N-ethyl adjacent to an activating group) is 1. The van der Waals surface area contributed by atoms with Crippen LogP contribution in [0.4, 0.5) is 0 Å². The first-order valence-electron chi connectivity index (χ1n) is 8.48. The molecule has 0 saturated carbocycles. The van der Waals surface area contributed by atoms with E-state index in [1.54, 1.807) is 0 Å². The number of carbonyl (C=O) groups excluding carboxylic acids is 2. The highest BCUT2D eigenvalue weighted by Crippen LogP contribution is 2.22. The molecule has 0 spiro atoms. The van der Waals surface area contributed by atoms with Crippen molar-refractivity contribution in [2.24, 2.45) is 0 Å². The maximum atomic E-state index is 12.8. The lowest BCUT2D eigenvalue weighted by molar-refractivity contribution is -0.135. The summed E-state index contributed by atoms with van der Waals surface area (Å²) in [5, 5.41) is 2.81. The first-order chi connectivity index (χ1) is 11.2. The van der Waals surface area contributed by atoms with Crippen LogP contribution in [0.25, 0.3) is 0 Å². The largest absolute Gasteiger partial charge is 0.355 e. The van der Waals surface area contributed by atoms with Crippen molar-refractivity contribution >= 4 is 11.8 Å². The average molecular weight is 317 g/mol. The van der Waals surface area contributed by atoms with Crippen molar-refractivity contribution in [2.75, 3.05) is 39.3 Å². The minimum Gasteiger partial charge on any atom is -0.355 e. The van der Waals surface area contributed by atoms with Crippen molar-refractivity contribution in [1.82, 2.24) is 15.1 Å². The number of hydrogen-bond donors (Lipinski definition) is 1. The molecular weight excluding hydrogens is 290 g/mol. The van der Waals surface area contributed by atoms with E-state index in [4.69, 9.17) is 0 Å². The van der Waals surface area contributed by atoms with Gasteiger partial charge in [-0.25, -0.2) is 0 Å². The average Bonchev–Trinajstić information content (AvgIpc) is 2.57. The van der Waals surface area contributed by atoms with Gasteiger partial charge in [-0.15, -0.1) is 0 Å². The van der Waals surface area contributed by atoms with Crippen LogP contribution in [0.3, 0.4) is 0 Å². The van der Waals surface area contributed by atoms with Crippen molar-refractivity contribution in [3.05, 3.63) is 35.9 Å². The van der Waals surface area contributed by atoms with Crippen LogP contribution in [0.15, 0.2) is 30.3 Å². The van der Waals surface area contributed by atoms with Gasteiger partial charge in [-0.1, -0.05) is 37.3 Å². The molecule has 0 radical (unpaired) electrons. The molecule has 0 bridgehead atoms. The summed E-state index contributed by atoms with van der Waals surface area (Å²) in [6.45, 7) is 7.97. The first kappa shape index (κ1) is 17.5. The molecule has 2 rings (SSSR count). The van der Waals surface area contributed by atoms with Crippen LogP contribution in [0, 0.1) is 0 Å². The van der Waals surface area contributed by atoms with Crippen LogP contribution in [0.2, 0.25) is 0 Å². The molecule has 1 atom stereocenters. The van der Waals surface area contributed by atoms with Gasteiger partial charge in [0.1, 0.15) is 0 Å². The molecule has 1 unspecified atom stereocenters. The van der Waals surface area contributed by atoms with Crippen LogP contribution in [-0.2, 0) is 9.59 Å². The Morgan fingerprint density at radius 1 is 1.09 bits per heavy atom. The lowest BCUT2D eigenvalue weighted by Crippen LogP contribution is -2.52. The first-order valence-corrected chi connectivity index (χ1v) is 8.48. The Labute approximate surface area is 138 Å². The zero-order chi connectivity index (χ0) is 16.7. The summed E-state index contributed by atoms with van der Waals surface area (Å²) in [5.74, 6) is 0.200. The highest BCUT2D eigenvalue weighted by atomic mass is 16.2. The van der Waals surface area contributed by atoms with E-state index in [1.165, 1.54) is 0 Å². The minimum atomic E-state index is -0.0638. The number of nitrogens with one attached hydrogen (secondary N) is 1. The van der Waals surface area contributed by atoms with Crippen molar-refractivity contribution in [3.63, 3.8) is 0 Å². The molecule has 1 saturated heterocycles. The van der Waals surface area contributed by atoms with Gasteiger partial charge in [-0.05, 0) is 18.9 Å². The van der Waals surface area contributed by atoms with E-state index in [1.807, 2.05) is 42.2 Å². The van der Waals surface area contributed by atoms with Crippen molar-refractivity contribution in [2.45, 2.75) is 26.2 Å². The molecule has 1 fully saturated rings. The Morgan fingerprint density at radius 2 is 1.74 bits per heavy atom. The SMILES string of the molecule is CCNC(=O)CN1CCN(C(=O)C(CC)c2ccccc2)CC1. The van der Waals surface area contributed by atoms with Gasteiger partial charge in [0.25, 0.3) is 0 Å². The van der Waals surface area contributed by atoms with E-state index in [-0.39, 0.29) is 17.7 Å². The third-order valence-electron chi connectivity index (χ3n) is 4.33. The van der Waals surface area contributed by atoms with Crippen LogP contribution in [-0.4, -0.2) is 60.9 Å². The van der Waals surface area contributed by atoms with E-state index >= 15 is 0 Å². The third kappa shape index (κ3) is 4.79. The van der Waals surface area contributed by atoms with Crippen LogP contribution in [0.5, 0.6) is 0 Å². The molecule has 1 N–H and O–H groups in total. The lowest BCUT2D eigenvalue weighted by atomic mass is 9.95. The van der Waals surface area contributed by atoms with Crippen molar-refractivity contribution in [1.29, 1.82) is 0 Å². The Morgan fingerprint density at radius 3 is 2.30 bits per heavy atom. The summed E-state index contributed by atoms with van der Waals surface area (Å²) >= 11 is 0. The van der Waals surface area contributed by atoms with E-state index < -0.39 is 0 Å². The normalized spacial score (nSPS) is 16.9. The standard InChI is InChI=1S/C18H27N3O2/c1-3-16(15-8-6-5-7-9-15)18(23)21-12-10-20(11-13-21)14-17(22)19-4-2/h5-9,16H,3-4,10-14H2,1-2H3,(H,19,22). The smallest absolute Gasteiger partial charge is 0.234 e. The summed E-state index contributed by atoms with van der Waals surface area (Å²) in [5.41, 5.74) is 1.09. The zero-order valence-electron chi connectivity index (χ0n) is 14.1. The molecule has 1 aliphatic rings. The van der Waals surface area contributed by atoms with E-state index in [0.29, 0.717) is 26.2 Å². The number of hydrogen-bond acceptors (Lipinski definition) is 3. The Kier molecular flexibility index (Phi) is 6.59. The van der Waals surface area contributed by atoms with Gasteiger partial charge in [0.15, 0.2) is 0 Å². The molecular formula is C18H27N3O2. The van der Waals surface area contributed by atoms with Gasteiger partial charge in [0, 0.05) is 32.7 Å². The van der Waals surface area contributed by atoms with Gasteiger partial charge >= 0.3 is 0 Å². The van der Waals surface area contributed by atoms with Gasteiger partial charge in [0.2, 0.25) is 11.8 Å². The molecule has 5 heteroatoms. The maximum absolute atomic E-state index is 12.8. The molecule has 5 nitrogen and oxygen atoms in total. The molecule has 1 aromatic carbocycles. The quantitative estimate of drug-likeness (QED) is 0.864. The van der Waals surface area contributed by atoms with Crippen LogP contribution in [0.1, 0.15) is 31.7 Å². The van der Waals surface area contributed by atoms with Gasteiger partial charge in [-0.3, -0.25) is 14.5 Å². The number of nitrogens with zero attached hydrogens (tertiary/aromatic N) is 2. The molecule has 2 amide bonds. The molecule has 1 heterocycles. The predicted octanol–water partition coefficient (Wildman–Crippen LogP) is 1.46.